The molecule has 3 atom stereocenters. The van der Waals surface area contributed by atoms with Crippen LogP contribution in [0, 0.1) is 11.6 Å². The number of aliphatic hydroxyl groups is 1. The molecule has 0 radical (unpaired) electrons. The minimum absolute atomic E-state index is 0.0855. The SMILES string of the molecule is CC(=O)N[C@@H](Cc1cc(F)cc(F)c1)[C@H](O)CN[C@H]1CC2(CCC2)Oc2ccc(-c3cn(C)nn3)cc21. The highest BCUT2D eigenvalue weighted by molar-refractivity contribution is 5.73. The molecule has 37 heavy (non-hydrogen) atoms. The number of hydrogen-bond donors (Lipinski definition) is 3. The van der Waals surface area contributed by atoms with Crippen LogP contribution in [0.1, 0.15) is 49.8 Å². The average molecular weight is 512 g/mol. The Bertz CT molecular complexity index is 1270. The van der Waals surface area contributed by atoms with Gasteiger partial charge in [-0.3, -0.25) is 9.48 Å². The topological polar surface area (TPSA) is 101 Å². The van der Waals surface area contributed by atoms with Crippen LogP contribution in [0.25, 0.3) is 11.3 Å². The van der Waals surface area contributed by atoms with E-state index in [-0.39, 0.29) is 30.5 Å². The quantitative estimate of drug-likeness (QED) is 0.430. The van der Waals surface area contributed by atoms with Gasteiger partial charge in [0.2, 0.25) is 5.91 Å². The lowest BCUT2D eigenvalue weighted by atomic mass is 9.72. The van der Waals surface area contributed by atoms with Gasteiger partial charge in [-0.25, -0.2) is 8.78 Å². The predicted octanol–water partition coefficient (Wildman–Crippen LogP) is 3.20. The zero-order chi connectivity index (χ0) is 26.2. The van der Waals surface area contributed by atoms with Gasteiger partial charge in [-0.2, -0.15) is 0 Å². The number of amides is 1. The summed E-state index contributed by atoms with van der Waals surface area (Å²) < 4.78 is 35.5. The Morgan fingerprint density at radius 3 is 2.62 bits per heavy atom. The predicted molar refractivity (Wildman–Crippen MR) is 133 cm³/mol. The number of ether oxygens (including phenoxy) is 1. The number of fused-ring (bicyclic) bond motifs is 1. The van der Waals surface area contributed by atoms with E-state index >= 15 is 0 Å². The first-order valence-corrected chi connectivity index (χ1v) is 12.5. The van der Waals surface area contributed by atoms with Crippen molar-refractivity contribution in [3.8, 4) is 17.0 Å². The van der Waals surface area contributed by atoms with Gasteiger partial charge in [-0.15, -0.1) is 5.10 Å². The molecule has 1 amide bonds. The number of aliphatic hydroxyl groups excluding tert-OH is 1. The third kappa shape index (κ3) is 5.65. The molecule has 3 aromatic rings. The summed E-state index contributed by atoms with van der Waals surface area (Å²) in [5.41, 5.74) is 2.77. The third-order valence-corrected chi connectivity index (χ3v) is 7.26. The molecule has 0 unspecified atom stereocenters. The molecule has 10 heteroatoms. The van der Waals surface area contributed by atoms with Crippen LogP contribution in [0.15, 0.2) is 42.6 Å². The summed E-state index contributed by atoms with van der Waals surface area (Å²) in [6.07, 6.45) is 4.73. The number of carbonyl (C=O) groups excluding carboxylic acids is 1. The maximum Gasteiger partial charge on any atom is 0.217 e. The molecule has 8 nitrogen and oxygen atoms in total. The van der Waals surface area contributed by atoms with Gasteiger partial charge in [-0.05, 0) is 61.6 Å². The van der Waals surface area contributed by atoms with Gasteiger partial charge in [-0.1, -0.05) is 5.21 Å². The second kappa shape index (κ2) is 10.2. The summed E-state index contributed by atoms with van der Waals surface area (Å²) in [4.78, 5) is 11.8. The smallest absolute Gasteiger partial charge is 0.217 e. The molecule has 1 aliphatic heterocycles. The van der Waals surface area contributed by atoms with E-state index in [9.17, 15) is 18.7 Å². The number of nitrogens with zero attached hydrogens (tertiary/aromatic N) is 3. The zero-order valence-corrected chi connectivity index (χ0v) is 20.9. The summed E-state index contributed by atoms with van der Waals surface area (Å²) in [6, 6.07) is 8.36. The molecule has 0 saturated heterocycles. The summed E-state index contributed by atoms with van der Waals surface area (Å²) >= 11 is 0. The summed E-state index contributed by atoms with van der Waals surface area (Å²) in [5.74, 6) is -0.931. The Morgan fingerprint density at radius 2 is 2.00 bits per heavy atom. The van der Waals surface area contributed by atoms with Crippen LogP contribution >= 0.6 is 0 Å². The highest BCUT2D eigenvalue weighted by Gasteiger charge is 2.45. The second-order valence-electron chi connectivity index (χ2n) is 10.2. The van der Waals surface area contributed by atoms with Crippen LogP contribution in [-0.2, 0) is 18.3 Å². The Hall–Kier alpha value is -3.37. The number of rotatable bonds is 8. The first-order chi connectivity index (χ1) is 17.7. The maximum atomic E-state index is 13.7. The number of carbonyl (C=O) groups is 1. The molecular weight excluding hydrogens is 480 g/mol. The third-order valence-electron chi connectivity index (χ3n) is 7.26. The van der Waals surface area contributed by atoms with Gasteiger partial charge >= 0.3 is 0 Å². The number of aryl methyl sites for hydroxylation is 1. The van der Waals surface area contributed by atoms with Crippen molar-refractivity contribution >= 4 is 5.91 Å². The molecule has 1 saturated carbocycles. The summed E-state index contributed by atoms with van der Waals surface area (Å²) in [5, 5.41) is 25.5. The van der Waals surface area contributed by atoms with E-state index in [0.717, 1.165) is 54.3 Å². The molecule has 3 N–H and O–H groups in total. The van der Waals surface area contributed by atoms with Gasteiger partial charge in [0, 0.05) is 50.2 Å². The van der Waals surface area contributed by atoms with E-state index in [1.807, 2.05) is 31.4 Å². The number of nitrogens with one attached hydrogen (secondary N) is 2. The van der Waals surface area contributed by atoms with Crippen LogP contribution in [-0.4, -0.2) is 50.3 Å². The van der Waals surface area contributed by atoms with Crippen LogP contribution in [0.5, 0.6) is 5.75 Å². The van der Waals surface area contributed by atoms with Crippen molar-refractivity contribution in [1.29, 1.82) is 0 Å². The number of halogens is 2. The van der Waals surface area contributed by atoms with Crippen molar-refractivity contribution in [2.24, 2.45) is 7.05 Å². The molecule has 2 heterocycles. The number of aromatic nitrogens is 3. The molecule has 0 bridgehead atoms. The lowest BCUT2D eigenvalue weighted by Crippen LogP contribution is -2.52. The molecule has 5 rings (SSSR count). The van der Waals surface area contributed by atoms with E-state index in [1.54, 1.807) is 4.68 Å². The second-order valence-corrected chi connectivity index (χ2v) is 10.2. The molecule has 1 fully saturated rings. The Kier molecular flexibility index (Phi) is 6.96. The van der Waals surface area contributed by atoms with Crippen molar-refractivity contribution in [3.05, 3.63) is 65.4 Å². The Labute approximate surface area is 214 Å². The van der Waals surface area contributed by atoms with E-state index in [1.165, 1.54) is 19.1 Å². The van der Waals surface area contributed by atoms with E-state index in [2.05, 4.69) is 20.9 Å². The minimum Gasteiger partial charge on any atom is -0.487 e. The van der Waals surface area contributed by atoms with Gasteiger partial charge in [0.1, 0.15) is 28.7 Å². The fourth-order valence-electron chi connectivity index (χ4n) is 5.30. The van der Waals surface area contributed by atoms with E-state index in [0.29, 0.717) is 5.56 Å². The van der Waals surface area contributed by atoms with E-state index in [4.69, 9.17) is 4.74 Å². The van der Waals surface area contributed by atoms with Crippen LogP contribution < -0.4 is 15.4 Å². The van der Waals surface area contributed by atoms with E-state index < -0.39 is 23.8 Å². The monoisotopic (exact) mass is 511 g/mol. The first-order valence-electron chi connectivity index (χ1n) is 12.5. The van der Waals surface area contributed by atoms with Crippen LogP contribution in [0.4, 0.5) is 8.78 Å². The average Bonchev–Trinajstić information content (AvgIpc) is 3.25. The van der Waals surface area contributed by atoms with Crippen molar-refractivity contribution in [2.75, 3.05) is 6.54 Å². The van der Waals surface area contributed by atoms with Crippen molar-refractivity contribution in [2.45, 2.75) is 62.8 Å². The highest BCUT2D eigenvalue weighted by atomic mass is 19.1. The Morgan fingerprint density at radius 1 is 1.24 bits per heavy atom. The first kappa shape index (κ1) is 25.3. The lowest BCUT2D eigenvalue weighted by molar-refractivity contribution is -0.120. The number of hydrogen-bond acceptors (Lipinski definition) is 6. The molecular formula is C27H31F2N5O3. The largest absolute Gasteiger partial charge is 0.487 e. The normalized spacial score (nSPS) is 19.4. The van der Waals surface area contributed by atoms with Crippen molar-refractivity contribution < 1.29 is 23.4 Å². The lowest BCUT2D eigenvalue weighted by Gasteiger charge is -2.48. The molecule has 1 aliphatic carbocycles. The van der Waals surface area contributed by atoms with Crippen LogP contribution in [0.2, 0.25) is 0 Å². The van der Waals surface area contributed by atoms with Gasteiger partial charge < -0.3 is 20.5 Å². The molecule has 1 aromatic heterocycles. The maximum absolute atomic E-state index is 13.7. The molecule has 2 aliphatic rings. The number of benzene rings is 2. The fraction of sp³-hybridized carbons (Fsp3) is 0.444. The Balaban J connectivity index is 1.35. The van der Waals surface area contributed by atoms with Gasteiger partial charge in [0.05, 0.1) is 18.3 Å². The standard InChI is InChI=1S/C27H31F2N5O3/c1-16(35)31-22(10-17-8-19(28)12-20(29)9-17)25(36)14-30-23-13-27(6-3-7-27)37-26-5-4-18(11-21(23)26)24-15-34(2)33-32-24/h4-5,8-9,11-12,15,22-23,25,30,36H,3,6-7,10,13-14H2,1-2H3,(H,31,35)/t22-,23-,25+/m0/s1. The zero-order valence-electron chi connectivity index (χ0n) is 20.9. The van der Waals surface area contributed by atoms with Crippen molar-refractivity contribution in [1.82, 2.24) is 25.6 Å². The van der Waals surface area contributed by atoms with Crippen LogP contribution in [0.3, 0.4) is 0 Å². The summed E-state index contributed by atoms with van der Waals surface area (Å²) in [7, 11) is 1.81. The van der Waals surface area contributed by atoms with Crippen molar-refractivity contribution in [3.63, 3.8) is 0 Å². The minimum atomic E-state index is -0.998. The molecule has 1 spiro atoms. The van der Waals surface area contributed by atoms with Gasteiger partial charge in [0.25, 0.3) is 0 Å². The fourth-order valence-corrected chi connectivity index (χ4v) is 5.30. The highest BCUT2D eigenvalue weighted by Crippen LogP contribution is 2.49. The summed E-state index contributed by atoms with van der Waals surface area (Å²) in [6.45, 7) is 1.51. The molecule has 2 aromatic carbocycles. The molecule has 196 valence electrons. The van der Waals surface area contributed by atoms with Gasteiger partial charge in [0.15, 0.2) is 0 Å².